The topological polar surface area (TPSA) is 62.1 Å². The van der Waals surface area contributed by atoms with E-state index in [9.17, 15) is 10.1 Å². The van der Waals surface area contributed by atoms with Gasteiger partial charge in [0.2, 0.25) is 5.91 Å². The van der Waals surface area contributed by atoms with Crippen LogP contribution in [-0.4, -0.2) is 18.1 Å². The number of hydrogen-bond donors (Lipinski definition) is 1. The van der Waals surface area contributed by atoms with Gasteiger partial charge in [-0.05, 0) is 62.8 Å². The number of carbonyl (C=O) groups excluding carboxylic acids is 1. The molecule has 4 nitrogen and oxygen atoms in total. The van der Waals surface area contributed by atoms with Gasteiger partial charge in [0.15, 0.2) is 0 Å². The quantitative estimate of drug-likeness (QED) is 0.905. The monoisotopic (exact) mass is 286 g/mol. The SMILES string of the molecule is Cc1ccc(OCCC(=O)NC2(C#N)CCCC2)cc1C. The maximum atomic E-state index is 11.9. The third-order valence-electron chi connectivity index (χ3n) is 4.13. The molecule has 0 saturated heterocycles. The van der Waals surface area contributed by atoms with Crippen LogP contribution in [0.4, 0.5) is 0 Å². The molecule has 0 aliphatic heterocycles. The largest absolute Gasteiger partial charge is 0.493 e. The molecule has 0 unspecified atom stereocenters. The number of carbonyl (C=O) groups is 1. The average molecular weight is 286 g/mol. The predicted molar refractivity (Wildman–Crippen MR) is 81.0 cm³/mol. The summed E-state index contributed by atoms with van der Waals surface area (Å²) < 4.78 is 5.60. The van der Waals surface area contributed by atoms with Gasteiger partial charge in [0, 0.05) is 0 Å². The van der Waals surface area contributed by atoms with Gasteiger partial charge in [-0.15, -0.1) is 0 Å². The van der Waals surface area contributed by atoms with Gasteiger partial charge < -0.3 is 10.1 Å². The van der Waals surface area contributed by atoms with Crippen LogP contribution in [0.1, 0.15) is 43.2 Å². The highest BCUT2D eigenvalue weighted by Gasteiger charge is 2.35. The molecule has 0 bridgehead atoms. The molecule has 2 rings (SSSR count). The molecule has 0 heterocycles. The van der Waals surface area contributed by atoms with E-state index in [1.807, 2.05) is 25.1 Å². The fourth-order valence-corrected chi connectivity index (χ4v) is 2.64. The zero-order chi connectivity index (χ0) is 15.3. The van der Waals surface area contributed by atoms with Crippen molar-refractivity contribution in [2.45, 2.75) is 51.5 Å². The Bertz CT molecular complexity index is 554. The van der Waals surface area contributed by atoms with Crippen molar-refractivity contribution in [1.82, 2.24) is 5.32 Å². The molecule has 21 heavy (non-hydrogen) atoms. The second-order valence-electron chi connectivity index (χ2n) is 5.79. The number of benzene rings is 1. The number of amides is 1. The molecule has 0 radical (unpaired) electrons. The lowest BCUT2D eigenvalue weighted by Crippen LogP contribution is -2.45. The number of ether oxygens (including phenoxy) is 1. The fourth-order valence-electron chi connectivity index (χ4n) is 2.64. The van der Waals surface area contributed by atoms with E-state index in [4.69, 9.17) is 4.74 Å². The van der Waals surface area contributed by atoms with Crippen molar-refractivity contribution in [2.24, 2.45) is 0 Å². The van der Waals surface area contributed by atoms with Crippen molar-refractivity contribution in [1.29, 1.82) is 5.26 Å². The van der Waals surface area contributed by atoms with Crippen LogP contribution in [0, 0.1) is 25.2 Å². The molecule has 112 valence electrons. The first kappa shape index (κ1) is 15.4. The van der Waals surface area contributed by atoms with Crippen molar-refractivity contribution in [3.05, 3.63) is 29.3 Å². The summed E-state index contributed by atoms with van der Waals surface area (Å²) in [5.41, 5.74) is 1.75. The normalized spacial score (nSPS) is 16.2. The Morgan fingerprint density at radius 1 is 1.33 bits per heavy atom. The van der Waals surface area contributed by atoms with E-state index in [1.165, 1.54) is 11.1 Å². The number of nitrogens with one attached hydrogen (secondary N) is 1. The van der Waals surface area contributed by atoms with E-state index >= 15 is 0 Å². The Balaban J connectivity index is 1.79. The minimum atomic E-state index is -0.641. The second kappa shape index (κ2) is 6.62. The molecule has 1 aromatic rings. The van der Waals surface area contributed by atoms with Crippen LogP contribution in [0.5, 0.6) is 5.75 Å². The van der Waals surface area contributed by atoms with Crippen molar-refractivity contribution >= 4 is 5.91 Å². The van der Waals surface area contributed by atoms with E-state index in [0.29, 0.717) is 6.61 Å². The Kier molecular flexibility index (Phi) is 4.85. The minimum Gasteiger partial charge on any atom is -0.493 e. The molecule has 4 heteroatoms. The molecular formula is C17H22N2O2. The molecule has 1 aliphatic rings. The third kappa shape index (κ3) is 3.98. The first-order valence-corrected chi connectivity index (χ1v) is 7.47. The third-order valence-corrected chi connectivity index (χ3v) is 4.13. The Morgan fingerprint density at radius 3 is 2.67 bits per heavy atom. The molecule has 1 aliphatic carbocycles. The van der Waals surface area contributed by atoms with Crippen LogP contribution in [0.25, 0.3) is 0 Å². The fraction of sp³-hybridized carbons (Fsp3) is 0.529. The summed E-state index contributed by atoms with van der Waals surface area (Å²) in [6.07, 6.45) is 3.80. The van der Waals surface area contributed by atoms with E-state index in [1.54, 1.807) is 0 Å². The van der Waals surface area contributed by atoms with Crippen LogP contribution in [-0.2, 0) is 4.79 Å². The standard InChI is InChI=1S/C17H22N2O2/c1-13-5-6-15(11-14(13)2)21-10-7-16(20)19-17(12-18)8-3-4-9-17/h5-6,11H,3-4,7-10H2,1-2H3,(H,19,20). The highest BCUT2D eigenvalue weighted by atomic mass is 16.5. The maximum absolute atomic E-state index is 11.9. The Labute approximate surface area is 126 Å². The van der Waals surface area contributed by atoms with Gasteiger partial charge in [0.25, 0.3) is 0 Å². The van der Waals surface area contributed by atoms with Crippen molar-refractivity contribution in [3.63, 3.8) is 0 Å². The summed E-state index contributed by atoms with van der Waals surface area (Å²) in [7, 11) is 0. The number of hydrogen-bond acceptors (Lipinski definition) is 3. The summed E-state index contributed by atoms with van der Waals surface area (Å²) in [6.45, 7) is 4.41. The number of nitriles is 1. The molecule has 1 fully saturated rings. The van der Waals surface area contributed by atoms with E-state index < -0.39 is 5.54 Å². The summed E-state index contributed by atoms with van der Waals surface area (Å²) in [4.78, 5) is 11.9. The van der Waals surface area contributed by atoms with Gasteiger partial charge >= 0.3 is 0 Å². The van der Waals surface area contributed by atoms with Crippen molar-refractivity contribution in [2.75, 3.05) is 6.61 Å². The van der Waals surface area contributed by atoms with Crippen LogP contribution in [0.15, 0.2) is 18.2 Å². The van der Waals surface area contributed by atoms with Crippen molar-refractivity contribution in [3.8, 4) is 11.8 Å². The summed E-state index contributed by atoms with van der Waals surface area (Å²) in [6, 6.07) is 8.15. The maximum Gasteiger partial charge on any atom is 0.224 e. The van der Waals surface area contributed by atoms with Crippen LogP contribution in [0.3, 0.4) is 0 Å². The molecule has 0 atom stereocenters. The second-order valence-corrected chi connectivity index (χ2v) is 5.79. The molecule has 0 spiro atoms. The van der Waals surface area contributed by atoms with E-state index in [0.717, 1.165) is 31.4 Å². The number of rotatable bonds is 5. The lowest BCUT2D eigenvalue weighted by Gasteiger charge is -2.21. The average Bonchev–Trinajstić information content (AvgIpc) is 2.92. The van der Waals surface area contributed by atoms with Gasteiger partial charge in [0.05, 0.1) is 19.1 Å². The van der Waals surface area contributed by atoms with Crippen LogP contribution >= 0.6 is 0 Å². The first-order chi connectivity index (χ1) is 10.0. The Morgan fingerprint density at radius 2 is 2.05 bits per heavy atom. The van der Waals surface area contributed by atoms with Gasteiger partial charge in [-0.2, -0.15) is 5.26 Å². The van der Waals surface area contributed by atoms with Crippen LogP contribution in [0.2, 0.25) is 0 Å². The summed E-state index contributed by atoms with van der Waals surface area (Å²) in [5.74, 6) is 0.670. The molecular weight excluding hydrogens is 264 g/mol. The minimum absolute atomic E-state index is 0.109. The van der Waals surface area contributed by atoms with Gasteiger partial charge in [-0.3, -0.25) is 4.79 Å². The van der Waals surface area contributed by atoms with E-state index in [-0.39, 0.29) is 12.3 Å². The summed E-state index contributed by atoms with van der Waals surface area (Å²) >= 11 is 0. The highest BCUT2D eigenvalue weighted by molar-refractivity contribution is 5.77. The smallest absolute Gasteiger partial charge is 0.224 e. The zero-order valence-corrected chi connectivity index (χ0v) is 12.7. The molecule has 1 saturated carbocycles. The molecule has 0 aromatic heterocycles. The molecule has 1 aromatic carbocycles. The van der Waals surface area contributed by atoms with E-state index in [2.05, 4.69) is 18.3 Å². The lowest BCUT2D eigenvalue weighted by molar-refractivity contribution is -0.122. The first-order valence-electron chi connectivity index (χ1n) is 7.47. The number of aryl methyl sites for hydroxylation is 2. The van der Waals surface area contributed by atoms with Crippen molar-refractivity contribution < 1.29 is 9.53 Å². The predicted octanol–water partition coefficient (Wildman–Crippen LogP) is 3.02. The van der Waals surface area contributed by atoms with Gasteiger partial charge in [0.1, 0.15) is 11.3 Å². The van der Waals surface area contributed by atoms with Gasteiger partial charge in [-0.1, -0.05) is 6.07 Å². The van der Waals surface area contributed by atoms with Crippen LogP contribution < -0.4 is 10.1 Å². The Hall–Kier alpha value is -2.02. The molecule has 1 amide bonds. The lowest BCUT2D eigenvalue weighted by atomic mass is 10.00. The zero-order valence-electron chi connectivity index (χ0n) is 12.7. The highest BCUT2D eigenvalue weighted by Crippen LogP contribution is 2.28. The molecule has 1 N–H and O–H groups in total. The van der Waals surface area contributed by atoms with Gasteiger partial charge in [-0.25, -0.2) is 0 Å². The summed E-state index contributed by atoms with van der Waals surface area (Å²) in [5, 5.41) is 12.1. The number of nitrogens with zero attached hydrogens (tertiary/aromatic N) is 1.